The molecule has 0 spiro atoms. The van der Waals surface area contributed by atoms with Crippen LogP contribution in [0.4, 0.5) is 5.69 Å². The molecule has 0 radical (unpaired) electrons. The van der Waals surface area contributed by atoms with E-state index in [-0.39, 0.29) is 12.8 Å². The highest BCUT2D eigenvalue weighted by atomic mass is 79.9. The second kappa shape index (κ2) is 6.69. The highest BCUT2D eigenvalue weighted by molar-refractivity contribution is 9.10. The molecule has 0 bridgehead atoms. The van der Waals surface area contributed by atoms with Crippen molar-refractivity contribution >= 4 is 33.4 Å². The van der Waals surface area contributed by atoms with Crippen LogP contribution in [0.2, 0.25) is 0 Å². The molecule has 6 nitrogen and oxygen atoms in total. The Morgan fingerprint density at radius 3 is 2.81 bits per heavy atom. The minimum atomic E-state index is 0.00248. The SMILES string of the molecule is CSc1nnc2c(n1)CC(c1cc3c(cc1Br)OCO3)Nc1ccccc1-2. The number of anilines is 1. The summed E-state index contributed by atoms with van der Waals surface area (Å²) in [5.74, 6) is 1.52. The van der Waals surface area contributed by atoms with Gasteiger partial charge in [0.05, 0.1) is 11.7 Å². The number of rotatable bonds is 2. The molecule has 1 atom stereocenters. The monoisotopic (exact) mass is 442 g/mol. The van der Waals surface area contributed by atoms with Crippen LogP contribution >= 0.6 is 27.7 Å². The molecule has 1 unspecified atom stereocenters. The van der Waals surface area contributed by atoms with E-state index < -0.39 is 0 Å². The van der Waals surface area contributed by atoms with E-state index in [0.717, 1.165) is 44.2 Å². The fourth-order valence-electron chi connectivity index (χ4n) is 3.41. The largest absolute Gasteiger partial charge is 0.454 e. The Balaban J connectivity index is 1.66. The number of halogens is 1. The normalized spacial score (nSPS) is 16.9. The van der Waals surface area contributed by atoms with E-state index in [2.05, 4.69) is 37.5 Å². The molecule has 8 heteroatoms. The van der Waals surface area contributed by atoms with Crippen molar-refractivity contribution in [2.45, 2.75) is 17.6 Å². The number of aromatic nitrogens is 3. The number of nitrogens with zero attached hydrogens (tertiary/aromatic N) is 3. The van der Waals surface area contributed by atoms with Gasteiger partial charge in [-0.15, -0.1) is 10.2 Å². The molecule has 3 aromatic rings. The van der Waals surface area contributed by atoms with Crippen molar-refractivity contribution in [2.75, 3.05) is 18.4 Å². The second-order valence-corrected chi connectivity index (χ2v) is 7.90. The Kier molecular flexibility index (Phi) is 4.17. The number of benzene rings is 2. The molecule has 0 amide bonds. The van der Waals surface area contributed by atoms with Gasteiger partial charge in [-0.05, 0) is 30.0 Å². The first kappa shape index (κ1) is 16.8. The number of hydrogen-bond acceptors (Lipinski definition) is 7. The standard InChI is InChI=1S/C19H15BrN4O2S/c1-27-19-22-15-8-14(11-6-16-17(7-12(11)20)26-9-25-16)21-13-5-3-2-4-10(13)18(15)23-24-19/h2-7,14,21H,8-9H2,1H3. The quantitative estimate of drug-likeness (QED) is 0.587. The van der Waals surface area contributed by atoms with Gasteiger partial charge >= 0.3 is 0 Å². The van der Waals surface area contributed by atoms with Gasteiger partial charge in [-0.25, -0.2) is 4.98 Å². The maximum atomic E-state index is 5.58. The zero-order valence-corrected chi connectivity index (χ0v) is 16.8. The average Bonchev–Trinajstić information content (AvgIpc) is 3.07. The van der Waals surface area contributed by atoms with Crippen molar-refractivity contribution in [3.63, 3.8) is 0 Å². The van der Waals surface area contributed by atoms with Crippen LogP contribution in [0.5, 0.6) is 11.5 Å². The molecule has 0 aliphatic carbocycles. The predicted molar refractivity (Wildman–Crippen MR) is 107 cm³/mol. The van der Waals surface area contributed by atoms with Crippen LogP contribution in [0.3, 0.4) is 0 Å². The van der Waals surface area contributed by atoms with Gasteiger partial charge in [0.25, 0.3) is 0 Å². The maximum absolute atomic E-state index is 5.58. The highest BCUT2D eigenvalue weighted by Gasteiger charge is 2.27. The van der Waals surface area contributed by atoms with Gasteiger partial charge in [-0.2, -0.15) is 0 Å². The first-order valence-corrected chi connectivity index (χ1v) is 10.5. The van der Waals surface area contributed by atoms with Crippen LogP contribution in [0.25, 0.3) is 11.3 Å². The lowest BCUT2D eigenvalue weighted by Crippen LogP contribution is -2.14. The Morgan fingerprint density at radius 1 is 1.15 bits per heavy atom. The molecule has 0 fully saturated rings. The Bertz CT molecular complexity index is 1050. The van der Waals surface area contributed by atoms with Gasteiger partial charge in [0, 0.05) is 22.1 Å². The van der Waals surface area contributed by atoms with Gasteiger partial charge in [0.15, 0.2) is 11.5 Å². The summed E-state index contributed by atoms with van der Waals surface area (Å²) in [6.07, 6.45) is 2.64. The van der Waals surface area contributed by atoms with Crippen molar-refractivity contribution in [1.29, 1.82) is 0 Å². The summed E-state index contributed by atoms with van der Waals surface area (Å²) in [4.78, 5) is 4.75. The van der Waals surface area contributed by atoms with E-state index in [4.69, 9.17) is 14.5 Å². The summed E-state index contributed by atoms with van der Waals surface area (Å²) in [5.41, 5.74) is 4.88. The van der Waals surface area contributed by atoms with Crippen molar-refractivity contribution in [1.82, 2.24) is 15.2 Å². The average molecular weight is 443 g/mol. The number of hydrogen-bond donors (Lipinski definition) is 1. The van der Waals surface area contributed by atoms with Crippen LogP contribution in [0, 0.1) is 0 Å². The fourth-order valence-corrected chi connectivity index (χ4v) is 4.34. The summed E-state index contributed by atoms with van der Waals surface area (Å²) in [7, 11) is 0. The third-order valence-electron chi connectivity index (χ3n) is 4.70. The molecule has 2 aliphatic rings. The number of fused-ring (bicyclic) bond motifs is 4. The van der Waals surface area contributed by atoms with Gasteiger partial charge in [-0.1, -0.05) is 45.9 Å². The number of para-hydroxylation sites is 1. The van der Waals surface area contributed by atoms with Crippen LogP contribution in [-0.2, 0) is 6.42 Å². The van der Waals surface area contributed by atoms with E-state index in [1.54, 1.807) is 0 Å². The summed E-state index contributed by atoms with van der Waals surface area (Å²) in [6, 6.07) is 12.1. The first-order chi connectivity index (χ1) is 13.2. The lowest BCUT2D eigenvalue weighted by atomic mass is 10.0. The van der Waals surface area contributed by atoms with E-state index in [9.17, 15) is 0 Å². The van der Waals surface area contributed by atoms with Crippen molar-refractivity contribution in [3.8, 4) is 22.8 Å². The lowest BCUT2D eigenvalue weighted by Gasteiger charge is -2.20. The van der Waals surface area contributed by atoms with Crippen LogP contribution in [0.1, 0.15) is 17.3 Å². The van der Waals surface area contributed by atoms with Gasteiger partial charge < -0.3 is 14.8 Å². The zero-order valence-electron chi connectivity index (χ0n) is 14.4. The summed E-state index contributed by atoms with van der Waals surface area (Å²) in [5, 5.41) is 13.0. The van der Waals surface area contributed by atoms with Crippen molar-refractivity contribution in [2.24, 2.45) is 0 Å². The van der Waals surface area contributed by atoms with E-state index in [0.29, 0.717) is 11.6 Å². The van der Waals surface area contributed by atoms with Gasteiger partial charge in [-0.3, -0.25) is 0 Å². The molecule has 136 valence electrons. The summed E-state index contributed by atoms with van der Waals surface area (Å²) in [6.45, 7) is 0.253. The fraction of sp³-hybridized carbons (Fsp3) is 0.211. The third-order valence-corrected chi connectivity index (χ3v) is 5.92. The first-order valence-electron chi connectivity index (χ1n) is 8.45. The molecule has 3 heterocycles. The summed E-state index contributed by atoms with van der Waals surface area (Å²) < 4.78 is 12.0. The minimum absolute atomic E-state index is 0.00248. The molecule has 5 rings (SSSR count). The molecule has 1 aromatic heterocycles. The molecule has 0 saturated heterocycles. The second-order valence-electron chi connectivity index (χ2n) is 6.27. The van der Waals surface area contributed by atoms with E-state index in [1.807, 2.05) is 36.6 Å². The predicted octanol–water partition coefficient (Wildman–Crippen LogP) is 4.46. The Labute approximate surface area is 168 Å². The van der Waals surface area contributed by atoms with Gasteiger partial charge in [0.2, 0.25) is 11.9 Å². The zero-order chi connectivity index (χ0) is 18.4. The van der Waals surface area contributed by atoms with Crippen molar-refractivity contribution < 1.29 is 9.47 Å². The van der Waals surface area contributed by atoms with Crippen LogP contribution in [-0.4, -0.2) is 28.2 Å². The minimum Gasteiger partial charge on any atom is -0.454 e. The Morgan fingerprint density at radius 2 is 1.96 bits per heavy atom. The summed E-state index contributed by atoms with van der Waals surface area (Å²) >= 11 is 5.19. The van der Waals surface area contributed by atoms with Crippen LogP contribution in [0.15, 0.2) is 46.0 Å². The third kappa shape index (κ3) is 2.93. The molecular formula is C19H15BrN4O2S. The number of thioether (sulfide) groups is 1. The number of ether oxygens (including phenoxy) is 2. The highest BCUT2D eigenvalue weighted by Crippen LogP contribution is 2.43. The molecule has 2 aliphatic heterocycles. The van der Waals surface area contributed by atoms with E-state index in [1.165, 1.54) is 11.8 Å². The molecule has 2 aromatic carbocycles. The molecular weight excluding hydrogens is 428 g/mol. The number of nitrogens with one attached hydrogen (secondary N) is 1. The maximum Gasteiger partial charge on any atom is 0.231 e. The van der Waals surface area contributed by atoms with Crippen LogP contribution < -0.4 is 14.8 Å². The lowest BCUT2D eigenvalue weighted by molar-refractivity contribution is 0.174. The van der Waals surface area contributed by atoms with E-state index >= 15 is 0 Å². The molecule has 27 heavy (non-hydrogen) atoms. The van der Waals surface area contributed by atoms with Crippen molar-refractivity contribution in [3.05, 3.63) is 52.1 Å². The Hall–Kier alpha value is -2.32. The molecule has 0 saturated carbocycles. The van der Waals surface area contributed by atoms with Gasteiger partial charge in [0.1, 0.15) is 5.69 Å². The smallest absolute Gasteiger partial charge is 0.231 e. The topological polar surface area (TPSA) is 69.2 Å². The molecule has 1 N–H and O–H groups in total.